The largest absolute Gasteiger partial charge is 0.444 e. The quantitative estimate of drug-likeness (QED) is 0.237. The maximum Gasteiger partial charge on any atom is 0.408 e. The van der Waals surface area contributed by atoms with Crippen molar-refractivity contribution in [2.45, 2.75) is 90.6 Å². The third kappa shape index (κ3) is 11.1. The molecule has 3 atom stereocenters. The second-order valence-electron chi connectivity index (χ2n) is 14.3. The van der Waals surface area contributed by atoms with Crippen LogP contribution in [0.3, 0.4) is 0 Å². The van der Waals surface area contributed by atoms with Gasteiger partial charge in [0.2, 0.25) is 11.8 Å². The number of alkyl carbamates (subject to hydrolysis) is 1. The Labute approximate surface area is 293 Å². The first-order valence-corrected chi connectivity index (χ1v) is 16.9. The number of ether oxygens (including phenoxy) is 2. The van der Waals surface area contributed by atoms with Crippen molar-refractivity contribution in [1.29, 1.82) is 0 Å². The second-order valence-corrected chi connectivity index (χ2v) is 14.3. The molecule has 1 fully saturated rings. The van der Waals surface area contributed by atoms with Gasteiger partial charge >= 0.3 is 6.09 Å². The number of rotatable bonds is 12. The second kappa shape index (κ2) is 16.8. The third-order valence-corrected chi connectivity index (χ3v) is 8.30. The van der Waals surface area contributed by atoms with Gasteiger partial charge in [-0.25, -0.2) is 14.2 Å². The molecule has 270 valence electrons. The Morgan fingerprint density at radius 3 is 2.36 bits per heavy atom. The molecule has 1 saturated heterocycles. The lowest BCUT2D eigenvalue weighted by Crippen LogP contribution is -2.59. The van der Waals surface area contributed by atoms with Gasteiger partial charge in [0.15, 0.2) is 5.82 Å². The van der Waals surface area contributed by atoms with E-state index in [-0.39, 0.29) is 24.9 Å². The van der Waals surface area contributed by atoms with Crippen LogP contribution in [-0.4, -0.2) is 75.1 Å². The van der Waals surface area contributed by atoms with Crippen molar-refractivity contribution in [3.8, 4) is 0 Å². The SMILES string of the molecule is CC1CCCN(C(=O)C(c2ccc(F)cc2)n2cnc(NC(=O)C(COCc3ccccc3)NC(=O)C(C)(C)NC(=O)OC(C)(C)C)c2)CC1. The van der Waals surface area contributed by atoms with E-state index < -0.39 is 46.9 Å². The molecule has 3 N–H and O–H groups in total. The smallest absolute Gasteiger partial charge is 0.408 e. The zero-order valence-electron chi connectivity index (χ0n) is 29.7. The van der Waals surface area contributed by atoms with Gasteiger partial charge in [0.25, 0.3) is 5.91 Å². The van der Waals surface area contributed by atoms with Crippen molar-refractivity contribution >= 4 is 29.6 Å². The number of benzene rings is 2. The number of imidazole rings is 1. The van der Waals surface area contributed by atoms with Gasteiger partial charge in [0.1, 0.15) is 29.0 Å². The van der Waals surface area contributed by atoms with Crippen LogP contribution in [0, 0.1) is 11.7 Å². The molecule has 13 heteroatoms. The average Bonchev–Trinajstić information content (AvgIpc) is 3.38. The third-order valence-electron chi connectivity index (χ3n) is 8.30. The predicted molar refractivity (Wildman–Crippen MR) is 186 cm³/mol. The molecular weight excluding hydrogens is 643 g/mol. The molecule has 12 nitrogen and oxygen atoms in total. The summed E-state index contributed by atoms with van der Waals surface area (Å²) < 4.78 is 26.6. The molecule has 3 unspecified atom stereocenters. The Balaban J connectivity index is 1.53. The van der Waals surface area contributed by atoms with Crippen LogP contribution >= 0.6 is 0 Å². The first-order chi connectivity index (χ1) is 23.6. The number of anilines is 1. The Hall–Kier alpha value is -4.78. The normalized spacial score (nSPS) is 16.5. The highest BCUT2D eigenvalue weighted by Crippen LogP contribution is 2.26. The molecule has 3 aromatic rings. The number of hydrogen-bond donors (Lipinski definition) is 3. The van der Waals surface area contributed by atoms with Crippen molar-refractivity contribution < 1.29 is 33.0 Å². The molecular formula is C37H49FN6O6. The number of nitrogens with one attached hydrogen (secondary N) is 3. The molecule has 0 bridgehead atoms. The number of aromatic nitrogens is 2. The van der Waals surface area contributed by atoms with Crippen LogP contribution in [0.2, 0.25) is 0 Å². The van der Waals surface area contributed by atoms with Gasteiger partial charge in [-0.05, 0) is 83.1 Å². The molecule has 0 radical (unpaired) electrons. The predicted octanol–water partition coefficient (Wildman–Crippen LogP) is 5.20. The summed E-state index contributed by atoms with van der Waals surface area (Å²) in [6, 6.07) is 13.1. The molecule has 0 spiro atoms. The number of nitrogens with zero attached hydrogens (tertiary/aromatic N) is 3. The van der Waals surface area contributed by atoms with Gasteiger partial charge in [-0.15, -0.1) is 0 Å². The molecule has 1 aliphatic heterocycles. The summed E-state index contributed by atoms with van der Waals surface area (Å²) in [4.78, 5) is 59.7. The van der Waals surface area contributed by atoms with E-state index in [0.29, 0.717) is 24.6 Å². The number of halogens is 1. The van der Waals surface area contributed by atoms with Crippen molar-refractivity contribution in [3.63, 3.8) is 0 Å². The summed E-state index contributed by atoms with van der Waals surface area (Å²) in [5, 5.41) is 7.96. The number of hydrogen-bond acceptors (Lipinski definition) is 7. The van der Waals surface area contributed by atoms with E-state index in [2.05, 4.69) is 27.9 Å². The van der Waals surface area contributed by atoms with Crippen molar-refractivity contribution in [1.82, 2.24) is 25.1 Å². The van der Waals surface area contributed by atoms with E-state index in [1.54, 1.807) is 37.5 Å². The Bertz CT molecular complexity index is 1600. The fraction of sp³-hybridized carbons (Fsp3) is 0.486. The summed E-state index contributed by atoms with van der Waals surface area (Å²) in [7, 11) is 0. The van der Waals surface area contributed by atoms with Crippen LogP contribution in [0.5, 0.6) is 0 Å². The summed E-state index contributed by atoms with van der Waals surface area (Å²) >= 11 is 0. The molecule has 2 heterocycles. The van der Waals surface area contributed by atoms with Gasteiger partial charge in [0.05, 0.1) is 19.5 Å². The monoisotopic (exact) mass is 692 g/mol. The molecule has 0 aliphatic carbocycles. The van der Waals surface area contributed by atoms with Crippen molar-refractivity contribution in [2.75, 3.05) is 25.0 Å². The lowest BCUT2D eigenvalue weighted by atomic mass is 10.0. The lowest BCUT2D eigenvalue weighted by Gasteiger charge is -2.29. The summed E-state index contributed by atoms with van der Waals surface area (Å²) in [6.45, 7) is 11.5. The highest BCUT2D eigenvalue weighted by atomic mass is 19.1. The molecule has 4 amide bonds. The van der Waals surface area contributed by atoms with E-state index >= 15 is 0 Å². The number of carbonyl (C=O) groups is 4. The van der Waals surface area contributed by atoms with Gasteiger partial charge in [0, 0.05) is 19.3 Å². The number of amides is 4. The van der Waals surface area contributed by atoms with Gasteiger partial charge < -0.3 is 34.9 Å². The van der Waals surface area contributed by atoms with Crippen molar-refractivity contribution in [2.24, 2.45) is 5.92 Å². The van der Waals surface area contributed by atoms with Crippen LogP contribution < -0.4 is 16.0 Å². The highest BCUT2D eigenvalue weighted by Gasteiger charge is 2.35. The Morgan fingerprint density at radius 2 is 1.68 bits per heavy atom. The summed E-state index contributed by atoms with van der Waals surface area (Å²) in [5.41, 5.74) is -0.780. The molecule has 50 heavy (non-hydrogen) atoms. The van der Waals surface area contributed by atoms with E-state index in [0.717, 1.165) is 24.8 Å². The van der Waals surface area contributed by atoms with Crippen LogP contribution in [0.15, 0.2) is 67.1 Å². The summed E-state index contributed by atoms with van der Waals surface area (Å²) in [6.07, 6.45) is 4.99. The molecule has 1 aliphatic rings. The zero-order valence-corrected chi connectivity index (χ0v) is 29.7. The van der Waals surface area contributed by atoms with Gasteiger partial charge in [-0.2, -0.15) is 0 Å². The summed E-state index contributed by atoms with van der Waals surface area (Å²) in [5.74, 6) is -1.21. The maximum absolute atomic E-state index is 14.0. The van der Waals surface area contributed by atoms with E-state index in [1.165, 1.54) is 38.5 Å². The van der Waals surface area contributed by atoms with Crippen LogP contribution in [0.4, 0.5) is 15.0 Å². The van der Waals surface area contributed by atoms with Crippen LogP contribution in [0.25, 0.3) is 0 Å². The van der Waals surface area contributed by atoms with Crippen molar-refractivity contribution in [3.05, 3.63) is 84.1 Å². The Morgan fingerprint density at radius 1 is 0.980 bits per heavy atom. The highest BCUT2D eigenvalue weighted by molar-refractivity contribution is 5.98. The Kier molecular flexibility index (Phi) is 12.7. The van der Waals surface area contributed by atoms with E-state index in [1.807, 2.05) is 35.2 Å². The fourth-order valence-electron chi connectivity index (χ4n) is 5.51. The number of likely N-dealkylation sites (tertiary alicyclic amines) is 1. The average molecular weight is 693 g/mol. The topological polar surface area (TPSA) is 144 Å². The van der Waals surface area contributed by atoms with Crippen LogP contribution in [-0.2, 0) is 30.5 Å². The first-order valence-electron chi connectivity index (χ1n) is 16.9. The zero-order chi connectivity index (χ0) is 36.5. The molecule has 4 rings (SSSR count). The maximum atomic E-state index is 14.0. The van der Waals surface area contributed by atoms with Crippen LogP contribution in [0.1, 0.15) is 78.0 Å². The standard InChI is InChI=1S/C37H49FN6O6/c1-25-11-10-19-43(20-18-25)33(46)31(27-14-16-28(38)17-15-27)44-21-30(39-24-44)41-32(45)29(23-49-22-26-12-8-7-9-13-26)40-34(47)37(5,6)42-35(48)50-36(2,3)4/h7-9,12-17,21,24-25,29,31H,10-11,18-20,22-23H2,1-6H3,(H,40,47)(H,41,45)(H,42,48). The molecule has 1 aromatic heterocycles. The first kappa shape index (κ1) is 38.0. The lowest BCUT2D eigenvalue weighted by molar-refractivity contribution is -0.133. The van der Waals surface area contributed by atoms with E-state index in [9.17, 15) is 23.6 Å². The molecule has 0 saturated carbocycles. The minimum atomic E-state index is -1.45. The van der Waals surface area contributed by atoms with E-state index in [4.69, 9.17) is 9.47 Å². The van der Waals surface area contributed by atoms with Gasteiger partial charge in [-0.1, -0.05) is 49.4 Å². The fourth-order valence-corrected chi connectivity index (χ4v) is 5.51. The number of carbonyl (C=O) groups excluding carboxylic acids is 4. The van der Waals surface area contributed by atoms with Gasteiger partial charge in [-0.3, -0.25) is 14.4 Å². The molecule has 2 aromatic carbocycles. The minimum absolute atomic E-state index is 0.132. The minimum Gasteiger partial charge on any atom is -0.444 e.